The molecule has 74 valence electrons. The van der Waals surface area contributed by atoms with Gasteiger partial charge in [0.1, 0.15) is 19.4 Å². The van der Waals surface area contributed by atoms with Crippen molar-refractivity contribution >= 4 is 24.3 Å². The van der Waals surface area contributed by atoms with Crippen molar-refractivity contribution in [3.8, 4) is 5.75 Å². The van der Waals surface area contributed by atoms with Gasteiger partial charge in [-0.15, -0.1) is 0 Å². The van der Waals surface area contributed by atoms with Crippen molar-refractivity contribution in [2.45, 2.75) is 13.8 Å². The van der Waals surface area contributed by atoms with Gasteiger partial charge in [-0.3, -0.25) is 0 Å². The predicted molar refractivity (Wildman–Crippen MR) is 61.0 cm³/mol. The lowest BCUT2D eigenvalue weighted by molar-refractivity contribution is 0.412. The Morgan fingerprint density at radius 2 is 1.93 bits per heavy atom. The standard InChI is InChI=1S/C11H11BN2O/c1-6-4-9-8(5-10(6)15-3)11(12)14-7(2)13-9/h4-5H,1-3H3. The number of aryl methyl sites for hydroxylation is 2. The number of nitrogens with zero attached hydrogens (tertiary/aromatic N) is 2. The van der Waals surface area contributed by atoms with Crippen LogP contribution in [-0.2, 0) is 0 Å². The van der Waals surface area contributed by atoms with E-state index in [-0.39, 0.29) is 0 Å². The van der Waals surface area contributed by atoms with Crippen molar-refractivity contribution < 1.29 is 4.74 Å². The molecule has 0 fully saturated rings. The average molecular weight is 198 g/mol. The summed E-state index contributed by atoms with van der Waals surface area (Å²) in [6, 6.07) is 3.83. The Kier molecular flexibility index (Phi) is 2.35. The van der Waals surface area contributed by atoms with E-state index < -0.39 is 0 Å². The van der Waals surface area contributed by atoms with Crippen molar-refractivity contribution in [1.82, 2.24) is 9.97 Å². The van der Waals surface area contributed by atoms with Crippen LogP contribution in [0, 0.1) is 13.8 Å². The van der Waals surface area contributed by atoms with E-state index in [0.717, 1.165) is 22.2 Å². The van der Waals surface area contributed by atoms with Gasteiger partial charge in [-0.2, -0.15) is 0 Å². The van der Waals surface area contributed by atoms with Crippen molar-refractivity contribution in [2.75, 3.05) is 7.11 Å². The molecule has 0 unspecified atom stereocenters. The molecule has 4 heteroatoms. The molecule has 0 atom stereocenters. The van der Waals surface area contributed by atoms with Crippen molar-refractivity contribution in [3.05, 3.63) is 23.5 Å². The maximum atomic E-state index is 5.82. The van der Waals surface area contributed by atoms with Crippen LogP contribution in [0.25, 0.3) is 10.9 Å². The Morgan fingerprint density at radius 3 is 2.60 bits per heavy atom. The van der Waals surface area contributed by atoms with Crippen LogP contribution in [0.15, 0.2) is 12.1 Å². The zero-order chi connectivity index (χ0) is 11.0. The highest BCUT2D eigenvalue weighted by Crippen LogP contribution is 2.22. The van der Waals surface area contributed by atoms with E-state index in [1.165, 1.54) is 0 Å². The highest BCUT2D eigenvalue weighted by molar-refractivity contribution is 6.36. The fourth-order valence-corrected chi connectivity index (χ4v) is 1.62. The van der Waals surface area contributed by atoms with Crippen LogP contribution in [0.1, 0.15) is 11.4 Å². The van der Waals surface area contributed by atoms with Gasteiger partial charge in [0.05, 0.1) is 12.6 Å². The lowest BCUT2D eigenvalue weighted by Crippen LogP contribution is -2.12. The van der Waals surface area contributed by atoms with Gasteiger partial charge in [-0.05, 0) is 37.1 Å². The number of ether oxygens (including phenoxy) is 1. The molecule has 0 spiro atoms. The van der Waals surface area contributed by atoms with Gasteiger partial charge in [0.2, 0.25) is 0 Å². The molecule has 0 amide bonds. The number of hydrogen-bond acceptors (Lipinski definition) is 3. The maximum absolute atomic E-state index is 5.82. The zero-order valence-electron chi connectivity index (χ0n) is 9.03. The second-order valence-corrected chi connectivity index (χ2v) is 3.50. The van der Waals surface area contributed by atoms with Crippen LogP contribution in [0.2, 0.25) is 0 Å². The summed E-state index contributed by atoms with van der Waals surface area (Å²) in [5.41, 5.74) is 2.40. The third kappa shape index (κ3) is 1.67. The largest absolute Gasteiger partial charge is 0.496 e. The second-order valence-electron chi connectivity index (χ2n) is 3.50. The molecule has 2 aromatic rings. The van der Waals surface area contributed by atoms with E-state index >= 15 is 0 Å². The quantitative estimate of drug-likeness (QED) is 0.642. The summed E-state index contributed by atoms with van der Waals surface area (Å²) in [6.45, 7) is 3.81. The first-order chi connectivity index (χ1) is 7.11. The minimum atomic E-state index is 0.496. The van der Waals surface area contributed by atoms with Crippen LogP contribution >= 0.6 is 0 Å². The Bertz CT molecular complexity index is 525. The lowest BCUT2D eigenvalue weighted by Gasteiger charge is -2.08. The van der Waals surface area contributed by atoms with E-state index in [1.807, 2.05) is 26.0 Å². The van der Waals surface area contributed by atoms with Gasteiger partial charge in [-0.25, -0.2) is 9.97 Å². The lowest BCUT2D eigenvalue weighted by atomic mass is 9.97. The van der Waals surface area contributed by atoms with E-state index in [1.54, 1.807) is 7.11 Å². The van der Waals surface area contributed by atoms with E-state index in [0.29, 0.717) is 11.4 Å². The molecule has 0 aliphatic rings. The van der Waals surface area contributed by atoms with Gasteiger partial charge < -0.3 is 4.74 Å². The van der Waals surface area contributed by atoms with E-state index in [9.17, 15) is 0 Å². The molecule has 2 radical (unpaired) electrons. The Hall–Kier alpha value is -1.58. The summed E-state index contributed by atoms with van der Waals surface area (Å²) in [5.74, 6) is 1.49. The number of fused-ring (bicyclic) bond motifs is 1. The predicted octanol–water partition coefficient (Wildman–Crippen LogP) is 1.05. The number of aromatic nitrogens is 2. The Balaban J connectivity index is 2.81. The smallest absolute Gasteiger partial charge is 0.142 e. The summed E-state index contributed by atoms with van der Waals surface area (Å²) >= 11 is 0. The highest BCUT2D eigenvalue weighted by Gasteiger charge is 2.05. The van der Waals surface area contributed by atoms with Gasteiger partial charge in [0, 0.05) is 5.39 Å². The molecular formula is C11H11BN2O. The SMILES string of the molecule is [B]c1nc(C)nc2cc(C)c(OC)cc12. The summed E-state index contributed by atoms with van der Waals surface area (Å²) in [4.78, 5) is 8.44. The molecule has 0 saturated heterocycles. The average Bonchev–Trinajstić information content (AvgIpc) is 2.16. The van der Waals surface area contributed by atoms with Crippen molar-refractivity contribution in [3.63, 3.8) is 0 Å². The Labute approximate surface area is 89.9 Å². The monoisotopic (exact) mass is 198 g/mol. The highest BCUT2D eigenvalue weighted by atomic mass is 16.5. The van der Waals surface area contributed by atoms with Crippen LogP contribution < -0.4 is 10.3 Å². The van der Waals surface area contributed by atoms with Crippen molar-refractivity contribution in [2.24, 2.45) is 0 Å². The number of rotatable bonds is 1. The summed E-state index contributed by atoms with van der Waals surface area (Å²) in [7, 11) is 7.46. The fraction of sp³-hybridized carbons (Fsp3) is 0.273. The summed E-state index contributed by atoms with van der Waals surface area (Å²) in [6.07, 6.45) is 0. The summed E-state index contributed by atoms with van der Waals surface area (Å²) in [5, 5.41) is 0.836. The first-order valence-corrected chi connectivity index (χ1v) is 4.70. The molecule has 0 aliphatic heterocycles. The zero-order valence-corrected chi connectivity index (χ0v) is 9.03. The molecule has 1 aromatic heterocycles. The van der Waals surface area contributed by atoms with Crippen LogP contribution in [-0.4, -0.2) is 24.9 Å². The first kappa shape index (κ1) is 9.96. The fourth-order valence-electron chi connectivity index (χ4n) is 1.62. The molecule has 1 aromatic carbocycles. The van der Waals surface area contributed by atoms with Gasteiger partial charge in [0.15, 0.2) is 0 Å². The topological polar surface area (TPSA) is 35.0 Å². The van der Waals surface area contributed by atoms with Gasteiger partial charge in [0.25, 0.3) is 0 Å². The molecule has 3 nitrogen and oxygen atoms in total. The van der Waals surface area contributed by atoms with Crippen LogP contribution in [0.5, 0.6) is 5.75 Å². The number of benzene rings is 1. The molecule has 1 heterocycles. The molecule has 15 heavy (non-hydrogen) atoms. The van der Waals surface area contributed by atoms with Gasteiger partial charge in [-0.1, -0.05) is 0 Å². The molecule has 0 N–H and O–H groups in total. The van der Waals surface area contributed by atoms with Crippen LogP contribution in [0.3, 0.4) is 0 Å². The minimum absolute atomic E-state index is 0.496. The normalized spacial score (nSPS) is 10.6. The number of methoxy groups -OCH3 is 1. The number of hydrogen-bond donors (Lipinski definition) is 0. The van der Waals surface area contributed by atoms with Crippen LogP contribution in [0.4, 0.5) is 0 Å². The minimum Gasteiger partial charge on any atom is -0.496 e. The molecular weight excluding hydrogens is 187 g/mol. The molecule has 0 bridgehead atoms. The van der Waals surface area contributed by atoms with E-state index in [4.69, 9.17) is 12.6 Å². The molecule has 0 saturated carbocycles. The van der Waals surface area contributed by atoms with Crippen molar-refractivity contribution in [1.29, 1.82) is 0 Å². The molecule has 0 aliphatic carbocycles. The maximum Gasteiger partial charge on any atom is 0.142 e. The second kappa shape index (κ2) is 3.53. The molecule has 2 rings (SSSR count). The van der Waals surface area contributed by atoms with Gasteiger partial charge >= 0.3 is 0 Å². The summed E-state index contributed by atoms with van der Waals surface area (Å²) < 4.78 is 5.23. The third-order valence-corrected chi connectivity index (χ3v) is 2.35. The Morgan fingerprint density at radius 1 is 1.20 bits per heavy atom. The first-order valence-electron chi connectivity index (χ1n) is 4.70. The van der Waals surface area contributed by atoms with E-state index in [2.05, 4.69) is 9.97 Å². The third-order valence-electron chi connectivity index (χ3n) is 2.35.